The lowest BCUT2D eigenvalue weighted by Crippen LogP contribution is -1.73. The number of hydrogen-bond acceptors (Lipinski definition) is 2. The smallest absolute Gasteiger partial charge is 0.0801 e. The van der Waals surface area contributed by atoms with Crippen LogP contribution in [0.15, 0.2) is 12.1 Å². The number of thiazole rings is 1. The molecule has 0 saturated heterocycles. The van der Waals surface area contributed by atoms with Crippen molar-refractivity contribution >= 4 is 16.9 Å². The van der Waals surface area contributed by atoms with Gasteiger partial charge in [-0.05, 0) is 18.4 Å². The van der Waals surface area contributed by atoms with E-state index >= 15 is 0 Å². The highest BCUT2D eigenvalue weighted by atomic mass is 32.1. The Balaban J connectivity index is 0.000000281. The maximum Gasteiger partial charge on any atom is 0.0801 e. The molecule has 0 fully saturated rings. The summed E-state index contributed by atoms with van der Waals surface area (Å²) in [6.07, 6.45) is 2.23. The largest absolute Gasteiger partial charge is 0.249 e. The summed E-state index contributed by atoms with van der Waals surface area (Å²) in [5.74, 6) is 0. The Bertz CT molecular complexity index is 250. The number of aryl methyl sites for hydroxylation is 1. The molecule has 1 aromatic heterocycles. The van der Waals surface area contributed by atoms with Crippen LogP contribution in [0.4, 0.5) is 0 Å². The van der Waals surface area contributed by atoms with Crippen molar-refractivity contribution in [3.63, 3.8) is 0 Å². The normalized spacial score (nSPS) is 13.8. The maximum absolute atomic E-state index is 4.20. The number of hydrogen-bond donors (Lipinski definition) is 0. The Morgan fingerprint density at radius 1 is 1.45 bits per heavy atom. The fourth-order valence-electron chi connectivity index (χ4n) is 1.12. The highest BCUT2D eigenvalue weighted by Gasteiger charge is 2.15. The first-order valence-electron chi connectivity index (χ1n) is 3.98. The molecule has 1 aromatic rings. The molecule has 2 rings (SSSR count). The Hall–Kier alpha value is -0.630. The second-order valence-corrected chi connectivity index (χ2v) is 3.09. The highest BCUT2D eigenvalue weighted by molar-refractivity contribution is 7.11. The Morgan fingerprint density at radius 2 is 2.18 bits per heavy atom. The monoisotopic (exact) mass is 167 g/mol. The van der Waals surface area contributed by atoms with Crippen molar-refractivity contribution in [2.45, 2.75) is 26.7 Å². The lowest BCUT2D eigenvalue weighted by atomic mass is 10.3. The van der Waals surface area contributed by atoms with Gasteiger partial charge in [0.15, 0.2) is 0 Å². The van der Waals surface area contributed by atoms with Gasteiger partial charge in [-0.2, -0.15) is 0 Å². The lowest BCUT2D eigenvalue weighted by molar-refractivity contribution is 1.02. The number of fused-ring (bicyclic) bond motifs is 1. The van der Waals surface area contributed by atoms with Crippen molar-refractivity contribution in [1.29, 1.82) is 0 Å². The zero-order chi connectivity index (χ0) is 8.27. The summed E-state index contributed by atoms with van der Waals surface area (Å²) in [4.78, 5) is 5.53. The molecule has 0 atom stereocenters. The molecule has 0 radical (unpaired) electrons. The van der Waals surface area contributed by atoms with Crippen LogP contribution < -0.4 is 0 Å². The third-order valence-corrected chi connectivity index (χ3v) is 2.60. The molecule has 0 amide bonds. The van der Waals surface area contributed by atoms with Gasteiger partial charge < -0.3 is 0 Å². The van der Waals surface area contributed by atoms with Gasteiger partial charge in [0.05, 0.1) is 16.1 Å². The summed E-state index contributed by atoms with van der Waals surface area (Å²) in [5, 5.41) is 0. The number of allylic oxidation sites excluding steroid dienone is 1. The lowest BCUT2D eigenvalue weighted by Gasteiger charge is -1.84. The van der Waals surface area contributed by atoms with E-state index in [1.165, 1.54) is 16.1 Å². The van der Waals surface area contributed by atoms with Crippen molar-refractivity contribution in [2.75, 3.05) is 0 Å². The first-order valence-corrected chi connectivity index (χ1v) is 4.86. The van der Waals surface area contributed by atoms with Gasteiger partial charge in [0.1, 0.15) is 0 Å². The second-order valence-electron chi connectivity index (χ2n) is 2.23. The summed E-state index contributed by atoms with van der Waals surface area (Å²) in [6.45, 7) is 7.94. The van der Waals surface area contributed by atoms with Crippen LogP contribution in [0.3, 0.4) is 0 Å². The standard InChI is InChI=1S/C7H7NS.C2H6/c1-5-2-3-6-7(5)9-4-8-6;1-2/h4H,1-3H2;1-2H3. The summed E-state index contributed by atoms with van der Waals surface area (Å²) in [7, 11) is 0. The van der Waals surface area contributed by atoms with Gasteiger partial charge in [-0.3, -0.25) is 0 Å². The third kappa shape index (κ3) is 1.51. The fraction of sp³-hybridized carbons (Fsp3) is 0.444. The van der Waals surface area contributed by atoms with Crippen molar-refractivity contribution in [3.05, 3.63) is 22.7 Å². The predicted octanol–water partition coefficient (Wildman–Crippen LogP) is 3.13. The van der Waals surface area contributed by atoms with Crippen molar-refractivity contribution in [1.82, 2.24) is 4.98 Å². The number of rotatable bonds is 0. The molecule has 0 bridgehead atoms. The van der Waals surface area contributed by atoms with E-state index in [9.17, 15) is 0 Å². The van der Waals surface area contributed by atoms with Gasteiger partial charge in [-0.25, -0.2) is 4.98 Å². The van der Waals surface area contributed by atoms with Gasteiger partial charge in [-0.15, -0.1) is 11.3 Å². The third-order valence-electron chi connectivity index (χ3n) is 1.63. The molecule has 0 N–H and O–H groups in total. The topological polar surface area (TPSA) is 12.9 Å². The van der Waals surface area contributed by atoms with Crippen LogP contribution in [-0.2, 0) is 6.42 Å². The summed E-state index contributed by atoms with van der Waals surface area (Å²) >= 11 is 1.71. The molecule has 0 aromatic carbocycles. The Morgan fingerprint density at radius 3 is 2.82 bits per heavy atom. The predicted molar refractivity (Wildman–Crippen MR) is 50.8 cm³/mol. The van der Waals surface area contributed by atoms with E-state index in [0.717, 1.165) is 12.8 Å². The van der Waals surface area contributed by atoms with Crippen molar-refractivity contribution in [2.24, 2.45) is 0 Å². The minimum Gasteiger partial charge on any atom is -0.249 e. The van der Waals surface area contributed by atoms with Gasteiger partial charge >= 0.3 is 0 Å². The summed E-state index contributed by atoms with van der Waals surface area (Å²) in [6, 6.07) is 0. The molecule has 1 aliphatic rings. The molecule has 0 spiro atoms. The van der Waals surface area contributed by atoms with Crippen molar-refractivity contribution < 1.29 is 0 Å². The van der Waals surface area contributed by atoms with Crippen LogP contribution in [0.25, 0.3) is 5.57 Å². The van der Waals surface area contributed by atoms with Crippen LogP contribution >= 0.6 is 11.3 Å². The molecule has 1 heterocycles. The molecular formula is C9H13NS. The number of nitrogens with zero attached hydrogens (tertiary/aromatic N) is 1. The minimum absolute atomic E-state index is 1.11. The van der Waals surface area contributed by atoms with E-state index < -0.39 is 0 Å². The van der Waals surface area contributed by atoms with Crippen LogP contribution in [0.5, 0.6) is 0 Å². The fourth-order valence-corrected chi connectivity index (χ4v) is 1.96. The van der Waals surface area contributed by atoms with E-state index in [-0.39, 0.29) is 0 Å². The molecule has 0 saturated carbocycles. The SMILES string of the molecule is C=C1CCc2ncsc21.CC. The molecule has 1 nitrogen and oxygen atoms in total. The van der Waals surface area contributed by atoms with Gasteiger partial charge in [0, 0.05) is 0 Å². The minimum atomic E-state index is 1.11. The van der Waals surface area contributed by atoms with Gasteiger partial charge in [-0.1, -0.05) is 20.4 Å². The van der Waals surface area contributed by atoms with Crippen molar-refractivity contribution in [3.8, 4) is 0 Å². The molecule has 1 aliphatic carbocycles. The van der Waals surface area contributed by atoms with Crippen LogP contribution in [0.1, 0.15) is 30.8 Å². The summed E-state index contributed by atoms with van der Waals surface area (Å²) in [5.41, 5.74) is 4.42. The number of aromatic nitrogens is 1. The zero-order valence-corrected chi connectivity index (χ0v) is 7.87. The summed E-state index contributed by atoms with van der Waals surface area (Å²) < 4.78 is 0. The van der Waals surface area contributed by atoms with Crippen LogP contribution in [-0.4, -0.2) is 4.98 Å². The maximum atomic E-state index is 4.20. The average molecular weight is 167 g/mol. The second kappa shape index (κ2) is 3.67. The first kappa shape index (κ1) is 8.47. The molecule has 2 heteroatoms. The highest BCUT2D eigenvalue weighted by Crippen LogP contribution is 2.32. The Kier molecular flexibility index (Phi) is 2.83. The molecule has 11 heavy (non-hydrogen) atoms. The first-order chi connectivity index (χ1) is 5.38. The van der Waals surface area contributed by atoms with Crippen LogP contribution in [0, 0.1) is 0 Å². The van der Waals surface area contributed by atoms with Gasteiger partial charge in [0.25, 0.3) is 0 Å². The average Bonchev–Trinajstić information content (AvgIpc) is 2.60. The zero-order valence-electron chi connectivity index (χ0n) is 7.05. The van der Waals surface area contributed by atoms with E-state index in [0.29, 0.717) is 0 Å². The van der Waals surface area contributed by atoms with Gasteiger partial charge in [0.2, 0.25) is 0 Å². The molecule has 60 valence electrons. The van der Waals surface area contributed by atoms with E-state index in [1.54, 1.807) is 11.3 Å². The Labute approximate surface area is 71.8 Å². The van der Waals surface area contributed by atoms with E-state index in [4.69, 9.17) is 0 Å². The quantitative estimate of drug-likeness (QED) is 0.578. The van der Waals surface area contributed by atoms with E-state index in [1.807, 2.05) is 19.4 Å². The molecular weight excluding hydrogens is 154 g/mol. The molecule has 0 aliphatic heterocycles. The molecule has 0 unspecified atom stereocenters. The van der Waals surface area contributed by atoms with Crippen LogP contribution in [0.2, 0.25) is 0 Å². The van der Waals surface area contributed by atoms with E-state index in [2.05, 4.69) is 11.6 Å².